The molecule has 10 heteroatoms. The van der Waals surface area contributed by atoms with Gasteiger partial charge in [-0.15, -0.1) is 0 Å². The van der Waals surface area contributed by atoms with Gasteiger partial charge < -0.3 is 4.74 Å². The van der Waals surface area contributed by atoms with Crippen molar-refractivity contribution in [1.82, 2.24) is 0 Å². The fraction of sp³-hybridized carbons (Fsp3) is 0.750. The summed E-state index contributed by atoms with van der Waals surface area (Å²) in [6, 6.07) is 0. The summed E-state index contributed by atoms with van der Waals surface area (Å²) in [5.41, 5.74) is 0. The Hall–Kier alpha value is -0.770. The van der Waals surface area contributed by atoms with Gasteiger partial charge >= 0.3 is 10.5 Å². The van der Waals surface area contributed by atoms with Crippen LogP contribution in [0.1, 0.15) is 0 Å². The van der Waals surface area contributed by atoms with Crippen molar-refractivity contribution in [2.45, 2.75) is 4.57 Å². The van der Waals surface area contributed by atoms with E-state index in [0.29, 0.717) is 0 Å². The molecule has 0 radical (unpaired) electrons. The Kier molecular flexibility index (Phi) is 4.91. The number of hydrogen-bond acceptors (Lipinski definition) is 6. The molecule has 0 saturated carbocycles. The molecule has 0 rings (SSSR count). The second-order valence-electron chi connectivity index (χ2n) is 2.03. The molecule has 0 saturated heterocycles. The lowest BCUT2D eigenvalue weighted by atomic mass is 10.5. The van der Waals surface area contributed by atoms with Crippen molar-refractivity contribution in [3.8, 4) is 0 Å². The molecule has 0 aromatic carbocycles. The van der Waals surface area contributed by atoms with E-state index in [1.165, 1.54) is 0 Å². The minimum Gasteiger partial charge on any atom is -0.448 e. The monoisotopic (exact) mass is 334 g/mol. The predicted molar refractivity (Wildman–Crippen MR) is 50.4 cm³/mol. The first-order valence-corrected chi connectivity index (χ1v) is 4.95. The van der Waals surface area contributed by atoms with Gasteiger partial charge in [0, 0.05) is 0 Å². The van der Waals surface area contributed by atoms with Crippen LogP contribution in [-0.2, 0) is 9.53 Å². The van der Waals surface area contributed by atoms with E-state index in [9.17, 15) is 25.0 Å². The molecule has 0 fully saturated rings. The molecular weight excluding hydrogens is 332 g/mol. The lowest BCUT2D eigenvalue weighted by Crippen LogP contribution is -2.45. The first-order valence-electron chi connectivity index (χ1n) is 3.04. The van der Waals surface area contributed by atoms with E-state index in [2.05, 4.69) is 36.6 Å². The molecule has 0 heterocycles. The molecule has 8 nitrogen and oxygen atoms in total. The third kappa shape index (κ3) is 3.18. The van der Waals surface area contributed by atoms with Gasteiger partial charge in [-0.25, -0.2) is 0 Å². The molecular formula is C4H4Br2N2O6. The number of ether oxygens (including phenoxy) is 1. The van der Waals surface area contributed by atoms with Gasteiger partial charge in [-0.1, -0.05) is 15.9 Å². The number of esters is 1. The summed E-state index contributed by atoms with van der Waals surface area (Å²) in [5.74, 6) is -0.822. The summed E-state index contributed by atoms with van der Waals surface area (Å²) in [6.45, 7) is -0.975. The lowest BCUT2D eigenvalue weighted by molar-refractivity contribution is -0.759. The standard InChI is InChI=1S/C4H4Br2N2O6/c5-1-3(9)14-2-4(6,7(10)11)8(12)13/h1-2H2. The van der Waals surface area contributed by atoms with Gasteiger partial charge in [0.05, 0.1) is 15.9 Å². The van der Waals surface area contributed by atoms with E-state index < -0.39 is 27.0 Å². The summed E-state index contributed by atoms with van der Waals surface area (Å²) in [5, 5.41) is 20.4. The zero-order chi connectivity index (χ0) is 11.4. The molecule has 0 N–H and O–H groups in total. The maximum atomic E-state index is 10.6. The Bertz CT molecular complexity index is 255. The second-order valence-corrected chi connectivity index (χ2v) is 3.86. The molecule has 0 spiro atoms. The van der Waals surface area contributed by atoms with E-state index >= 15 is 0 Å². The summed E-state index contributed by atoms with van der Waals surface area (Å²) in [7, 11) is 0. The van der Waals surface area contributed by atoms with Crippen LogP contribution in [0.15, 0.2) is 0 Å². The Morgan fingerprint density at radius 3 is 2.07 bits per heavy atom. The van der Waals surface area contributed by atoms with Gasteiger partial charge in [0.2, 0.25) is 6.61 Å². The van der Waals surface area contributed by atoms with Crippen LogP contribution in [-0.4, -0.2) is 32.3 Å². The van der Waals surface area contributed by atoms with Crippen LogP contribution in [0.5, 0.6) is 0 Å². The average molecular weight is 336 g/mol. The number of carbonyl (C=O) groups is 1. The van der Waals surface area contributed by atoms with E-state index in [1.807, 2.05) is 0 Å². The zero-order valence-electron chi connectivity index (χ0n) is 6.51. The van der Waals surface area contributed by atoms with E-state index in [4.69, 9.17) is 0 Å². The number of rotatable bonds is 5. The van der Waals surface area contributed by atoms with Gasteiger partial charge in [0.25, 0.3) is 0 Å². The van der Waals surface area contributed by atoms with E-state index in [0.717, 1.165) is 0 Å². The highest BCUT2D eigenvalue weighted by molar-refractivity contribution is 9.10. The molecule has 0 aliphatic heterocycles. The molecule has 0 aliphatic carbocycles. The number of alkyl halides is 2. The predicted octanol–water partition coefficient (Wildman–Crippen LogP) is 0.527. The molecule has 0 bridgehead atoms. The van der Waals surface area contributed by atoms with Crippen molar-refractivity contribution in [2.75, 3.05) is 11.9 Å². The van der Waals surface area contributed by atoms with Crippen LogP contribution in [0.4, 0.5) is 0 Å². The van der Waals surface area contributed by atoms with Crippen molar-refractivity contribution in [2.24, 2.45) is 0 Å². The van der Waals surface area contributed by atoms with Gasteiger partial charge in [0.15, 0.2) is 0 Å². The number of hydrogen-bond donors (Lipinski definition) is 0. The summed E-state index contributed by atoms with van der Waals surface area (Å²) in [4.78, 5) is 28.8. The number of nitro groups is 2. The van der Waals surface area contributed by atoms with Crippen molar-refractivity contribution in [3.63, 3.8) is 0 Å². The molecule has 0 atom stereocenters. The third-order valence-electron chi connectivity index (χ3n) is 1.09. The maximum absolute atomic E-state index is 10.6. The molecule has 0 aliphatic rings. The van der Waals surface area contributed by atoms with Crippen LogP contribution in [0.25, 0.3) is 0 Å². The Labute approximate surface area is 94.2 Å². The van der Waals surface area contributed by atoms with Gasteiger partial charge in [-0.05, 0) is 0 Å². The van der Waals surface area contributed by atoms with E-state index in [1.54, 1.807) is 0 Å². The number of carbonyl (C=O) groups excluding carboxylic acids is 1. The highest BCUT2D eigenvalue weighted by atomic mass is 79.9. The summed E-state index contributed by atoms with van der Waals surface area (Å²) in [6.07, 6.45) is 0. The van der Waals surface area contributed by atoms with Gasteiger partial charge in [0.1, 0.15) is 15.2 Å². The van der Waals surface area contributed by atoms with Crippen molar-refractivity contribution < 1.29 is 19.4 Å². The average Bonchev–Trinajstić information content (AvgIpc) is 2.12. The fourth-order valence-electron chi connectivity index (χ4n) is 0.383. The fourth-order valence-corrected chi connectivity index (χ4v) is 0.659. The highest BCUT2D eigenvalue weighted by Crippen LogP contribution is 2.20. The Balaban J connectivity index is 4.47. The Morgan fingerprint density at radius 1 is 1.36 bits per heavy atom. The third-order valence-corrected chi connectivity index (χ3v) is 2.35. The number of halogens is 2. The smallest absolute Gasteiger partial charge is 0.448 e. The summed E-state index contributed by atoms with van der Waals surface area (Å²) >= 11 is 5.01. The molecule has 0 aromatic heterocycles. The quantitative estimate of drug-likeness (QED) is 0.181. The van der Waals surface area contributed by atoms with Crippen LogP contribution in [0.2, 0.25) is 0 Å². The zero-order valence-corrected chi connectivity index (χ0v) is 9.69. The number of nitrogens with zero attached hydrogens (tertiary/aromatic N) is 2. The molecule has 14 heavy (non-hydrogen) atoms. The molecule has 0 aromatic rings. The van der Waals surface area contributed by atoms with Gasteiger partial charge in [-0.2, -0.15) is 0 Å². The van der Waals surface area contributed by atoms with Crippen LogP contribution < -0.4 is 0 Å². The van der Waals surface area contributed by atoms with E-state index in [-0.39, 0.29) is 5.33 Å². The maximum Gasteiger partial charge on any atom is 0.543 e. The van der Waals surface area contributed by atoms with Crippen LogP contribution in [0, 0.1) is 20.2 Å². The van der Waals surface area contributed by atoms with Crippen molar-refractivity contribution in [1.29, 1.82) is 0 Å². The Morgan fingerprint density at radius 2 is 1.79 bits per heavy atom. The van der Waals surface area contributed by atoms with Crippen LogP contribution in [0.3, 0.4) is 0 Å². The minimum absolute atomic E-state index is 0.189. The van der Waals surface area contributed by atoms with Crippen LogP contribution >= 0.6 is 31.9 Å². The normalized spacial score (nSPS) is 10.7. The van der Waals surface area contributed by atoms with Gasteiger partial charge in [-0.3, -0.25) is 25.0 Å². The molecule has 80 valence electrons. The molecule has 0 unspecified atom stereocenters. The first-order chi connectivity index (χ1) is 6.34. The van der Waals surface area contributed by atoms with Crippen molar-refractivity contribution >= 4 is 37.8 Å². The molecule has 0 amide bonds. The highest BCUT2D eigenvalue weighted by Gasteiger charge is 2.55. The minimum atomic E-state index is -2.68. The second kappa shape index (κ2) is 5.20. The first kappa shape index (κ1) is 13.2. The largest absolute Gasteiger partial charge is 0.543 e. The SMILES string of the molecule is O=C(CBr)OCC(Br)([N+](=O)[O-])[N+](=O)[O-]. The van der Waals surface area contributed by atoms with Crippen molar-refractivity contribution in [3.05, 3.63) is 20.2 Å². The topological polar surface area (TPSA) is 113 Å². The lowest BCUT2D eigenvalue weighted by Gasteiger charge is -2.09. The summed E-state index contributed by atoms with van der Waals surface area (Å²) < 4.78 is 1.59.